The number of nitrogens with zero attached hydrogens (tertiary/aromatic N) is 4. The molecule has 1 aliphatic rings. The maximum absolute atomic E-state index is 14.4. The quantitative estimate of drug-likeness (QED) is 0.506. The van der Waals surface area contributed by atoms with Crippen molar-refractivity contribution in [2.45, 2.75) is 51.6 Å². The fourth-order valence-corrected chi connectivity index (χ4v) is 4.86. The number of rotatable bonds is 3. The van der Waals surface area contributed by atoms with Gasteiger partial charge in [0.2, 0.25) is 0 Å². The SMILES string of the molecule is Cc1cn2cc(NC(=O)c3ccc(C4C[C@@H](C)N[C@@H](C)C4)c4nccnc34)cc(F)c2n1. The molecular formula is C24H25FN6O. The molecule has 0 spiro atoms. The fourth-order valence-electron chi connectivity index (χ4n) is 4.86. The Morgan fingerprint density at radius 3 is 2.59 bits per heavy atom. The summed E-state index contributed by atoms with van der Waals surface area (Å²) < 4.78 is 16.0. The molecule has 1 aliphatic heterocycles. The van der Waals surface area contributed by atoms with Gasteiger partial charge in [-0.1, -0.05) is 6.07 Å². The molecular weight excluding hydrogens is 407 g/mol. The zero-order valence-corrected chi connectivity index (χ0v) is 18.3. The molecule has 8 heteroatoms. The fraction of sp³-hybridized carbons (Fsp3) is 0.333. The number of hydrogen-bond donors (Lipinski definition) is 2. The van der Waals surface area contributed by atoms with Gasteiger partial charge in [-0.2, -0.15) is 0 Å². The van der Waals surface area contributed by atoms with Crippen molar-refractivity contribution >= 4 is 28.3 Å². The number of benzene rings is 1. The van der Waals surface area contributed by atoms with Gasteiger partial charge in [0.25, 0.3) is 5.91 Å². The molecule has 1 unspecified atom stereocenters. The molecule has 4 heterocycles. The number of pyridine rings is 1. The lowest BCUT2D eigenvalue weighted by atomic mass is 9.82. The Kier molecular flexibility index (Phi) is 5.09. The summed E-state index contributed by atoms with van der Waals surface area (Å²) in [5.74, 6) is -0.506. The number of amides is 1. The third kappa shape index (κ3) is 3.71. The molecule has 2 N–H and O–H groups in total. The van der Waals surface area contributed by atoms with Crippen LogP contribution in [0.1, 0.15) is 54.2 Å². The van der Waals surface area contributed by atoms with Gasteiger partial charge < -0.3 is 15.0 Å². The first-order valence-corrected chi connectivity index (χ1v) is 10.8. The second-order valence-electron chi connectivity index (χ2n) is 8.74. The highest BCUT2D eigenvalue weighted by Crippen LogP contribution is 2.34. The van der Waals surface area contributed by atoms with Crippen molar-refractivity contribution in [2.24, 2.45) is 0 Å². The van der Waals surface area contributed by atoms with E-state index in [4.69, 9.17) is 0 Å². The van der Waals surface area contributed by atoms with Crippen LogP contribution < -0.4 is 10.6 Å². The lowest BCUT2D eigenvalue weighted by Crippen LogP contribution is -2.41. The predicted octanol–water partition coefficient (Wildman–Crippen LogP) is 4.22. The van der Waals surface area contributed by atoms with E-state index in [1.165, 1.54) is 6.07 Å². The number of piperidine rings is 1. The van der Waals surface area contributed by atoms with Gasteiger partial charge in [-0.05, 0) is 51.2 Å². The third-order valence-corrected chi connectivity index (χ3v) is 6.07. The normalized spacial score (nSPS) is 21.2. The first-order valence-electron chi connectivity index (χ1n) is 10.8. The van der Waals surface area contributed by atoms with E-state index in [0.717, 1.165) is 23.9 Å². The van der Waals surface area contributed by atoms with Gasteiger partial charge in [0.15, 0.2) is 11.5 Å². The van der Waals surface area contributed by atoms with Crippen molar-refractivity contribution in [3.05, 3.63) is 65.6 Å². The van der Waals surface area contributed by atoms with Crippen LogP contribution in [0.15, 0.2) is 43.0 Å². The zero-order valence-electron chi connectivity index (χ0n) is 18.3. The van der Waals surface area contributed by atoms with Gasteiger partial charge in [0.1, 0.15) is 5.52 Å². The molecule has 7 nitrogen and oxygen atoms in total. The molecule has 1 aromatic carbocycles. The van der Waals surface area contributed by atoms with Crippen LogP contribution in [0.4, 0.5) is 10.1 Å². The van der Waals surface area contributed by atoms with Crippen LogP contribution in [0, 0.1) is 12.7 Å². The highest BCUT2D eigenvalue weighted by Gasteiger charge is 2.27. The Morgan fingerprint density at radius 1 is 1.12 bits per heavy atom. The summed E-state index contributed by atoms with van der Waals surface area (Å²) in [5.41, 5.74) is 4.11. The van der Waals surface area contributed by atoms with Crippen molar-refractivity contribution in [1.82, 2.24) is 24.7 Å². The minimum Gasteiger partial charge on any atom is -0.320 e. The molecule has 164 valence electrons. The average Bonchev–Trinajstić information content (AvgIpc) is 3.13. The highest BCUT2D eigenvalue weighted by molar-refractivity contribution is 6.11. The number of fused-ring (bicyclic) bond motifs is 2. The second-order valence-corrected chi connectivity index (χ2v) is 8.74. The van der Waals surface area contributed by atoms with Gasteiger partial charge >= 0.3 is 0 Å². The molecule has 0 radical (unpaired) electrons. The summed E-state index contributed by atoms with van der Waals surface area (Å²) in [5, 5.41) is 6.37. The van der Waals surface area contributed by atoms with Crippen LogP contribution in [0.3, 0.4) is 0 Å². The Morgan fingerprint density at radius 2 is 1.84 bits per heavy atom. The molecule has 1 amide bonds. The van der Waals surface area contributed by atoms with Crippen LogP contribution in [-0.2, 0) is 0 Å². The van der Waals surface area contributed by atoms with Gasteiger partial charge in [-0.25, -0.2) is 9.37 Å². The van der Waals surface area contributed by atoms with E-state index in [-0.39, 0.29) is 11.6 Å². The third-order valence-electron chi connectivity index (χ3n) is 6.07. The van der Waals surface area contributed by atoms with Gasteiger partial charge in [0.05, 0.1) is 22.5 Å². The van der Waals surface area contributed by atoms with Crippen molar-refractivity contribution in [3.63, 3.8) is 0 Å². The Labute approximate surface area is 185 Å². The van der Waals surface area contributed by atoms with Crippen LogP contribution in [-0.4, -0.2) is 37.3 Å². The zero-order chi connectivity index (χ0) is 22.4. The molecule has 4 aromatic rings. The molecule has 1 saturated heterocycles. The lowest BCUT2D eigenvalue weighted by molar-refractivity contribution is 0.102. The van der Waals surface area contributed by atoms with Gasteiger partial charge in [-0.3, -0.25) is 14.8 Å². The second kappa shape index (κ2) is 7.94. The van der Waals surface area contributed by atoms with Gasteiger partial charge in [0, 0.05) is 42.9 Å². The maximum Gasteiger partial charge on any atom is 0.257 e. The molecule has 5 rings (SSSR count). The standard InChI is InChI=1S/C24H25FN6O/c1-13-8-16(9-14(2)28-13)18-4-5-19(22-21(18)26-6-7-27-22)24(32)30-17-10-20(25)23-29-15(3)11-31(23)12-17/h4-7,10-14,16,28H,8-9H2,1-3H3,(H,30,32)/t13-,14+,16?. The number of hydrogen-bond acceptors (Lipinski definition) is 5. The number of anilines is 1. The number of carbonyl (C=O) groups excluding carboxylic acids is 1. The molecule has 0 aliphatic carbocycles. The summed E-state index contributed by atoms with van der Waals surface area (Å²) in [6.07, 6.45) is 8.63. The van der Waals surface area contributed by atoms with E-state index in [1.54, 1.807) is 42.2 Å². The van der Waals surface area contributed by atoms with Gasteiger partial charge in [-0.15, -0.1) is 0 Å². The topological polar surface area (TPSA) is 84.2 Å². The lowest BCUT2D eigenvalue weighted by Gasteiger charge is -2.33. The first kappa shape index (κ1) is 20.5. The number of halogens is 1. The number of aryl methyl sites for hydroxylation is 1. The van der Waals surface area contributed by atoms with Crippen molar-refractivity contribution in [2.75, 3.05) is 5.32 Å². The number of nitrogens with one attached hydrogen (secondary N) is 2. The molecule has 3 atom stereocenters. The van der Waals surface area contributed by atoms with E-state index in [1.807, 2.05) is 6.07 Å². The maximum atomic E-state index is 14.4. The van der Waals surface area contributed by atoms with Crippen LogP contribution >= 0.6 is 0 Å². The average molecular weight is 433 g/mol. The Bertz CT molecular complexity index is 1320. The van der Waals surface area contributed by atoms with E-state index < -0.39 is 5.82 Å². The number of imidazole rings is 1. The van der Waals surface area contributed by atoms with E-state index in [0.29, 0.717) is 40.5 Å². The smallest absolute Gasteiger partial charge is 0.257 e. The number of aromatic nitrogens is 4. The summed E-state index contributed by atoms with van der Waals surface area (Å²) in [4.78, 5) is 26.3. The number of carbonyl (C=O) groups is 1. The summed E-state index contributed by atoms with van der Waals surface area (Å²) in [6.45, 7) is 6.17. The van der Waals surface area contributed by atoms with Crippen molar-refractivity contribution < 1.29 is 9.18 Å². The largest absolute Gasteiger partial charge is 0.320 e. The van der Waals surface area contributed by atoms with E-state index in [2.05, 4.69) is 39.4 Å². The molecule has 0 bridgehead atoms. The summed E-state index contributed by atoms with van der Waals surface area (Å²) >= 11 is 0. The Balaban J connectivity index is 1.50. The van der Waals surface area contributed by atoms with Crippen LogP contribution in [0.25, 0.3) is 16.7 Å². The monoisotopic (exact) mass is 432 g/mol. The molecule has 32 heavy (non-hydrogen) atoms. The van der Waals surface area contributed by atoms with Crippen LogP contribution in [0.2, 0.25) is 0 Å². The van der Waals surface area contributed by atoms with E-state index in [9.17, 15) is 9.18 Å². The molecule has 0 saturated carbocycles. The summed E-state index contributed by atoms with van der Waals surface area (Å²) in [6, 6.07) is 5.89. The molecule has 3 aromatic heterocycles. The highest BCUT2D eigenvalue weighted by atomic mass is 19.1. The van der Waals surface area contributed by atoms with E-state index >= 15 is 0 Å². The Hall–Kier alpha value is -3.39. The minimum absolute atomic E-state index is 0.228. The molecule has 1 fully saturated rings. The first-order chi connectivity index (χ1) is 15.4. The van der Waals surface area contributed by atoms with Crippen LogP contribution in [0.5, 0.6) is 0 Å². The van der Waals surface area contributed by atoms with Crippen molar-refractivity contribution in [3.8, 4) is 0 Å². The van der Waals surface area contributed by atoms with Crippen molar-refractivity contribution in [1.29, 1.82) is 0 Å². The predicted molar refractivity (Wildman–Crippen MR) is 121 cm³/mol. The summed E-state index contributed by atoms with van der Waals surface area (Å²) in [7, 11) is 0. The minimum atomic E-state index is -0.495.